The first-order chi connectivity index (χ1) is 6.87. The van der Waals surface area contributed by atoms with Gasteiger partial charge in [0, 0.05) is 18.7 Å². The minimum atomic E-state index is -0.0648. The lowest BCUT2D eigenvalue weighted by atomic mass is 9.95. The van der Waals surface area contributed by atoms with Gasteiger partial charge in [0.15, 0.2) is 0 Å². The molecule has 0 unspecified atom stereocenters. The summed E-state index contributed by atoms with van der Waals surface area (Å²) in [7, 11) is 1.83. The third kappa shape index (κ3) is 1.84. The van der Waals surface area contributed by atoms with Gasteiger partial charge in [-0.25, -0.2) is 4.98 Å². The van der Waals surface area contributed by atoms with E-state index in [4.69, 9.17) is 4.74 Å². The maximum absolute atomic E-state index is 5.75. The summed E-state index contributed by atoms with van der Waals surface area (Å²) in [6, 6.07) is 0. The molecule has 78 valence electrons. The van der Waals surface area contributed by atoms with Crippen LogP contribution in [0.15, 0.2) is 11.6 Å². The van der Waals surface area contributed by atoms with Gasteiger partial charge in [-0.15, -0.1) is 11.3 Å². The van der Waals surface area contributed by atoms with Gasteiger partial charge in [-0.2, -0.15) is 0 Å². The molecule has 0 atom stereocenters. The Morgan fingerprint density at radius 2 is 2.00 bits per heavy atom. The number of thiazole rings is 1. The minimum absolute atomic E-state index is 0.0648. The molecule has 1 heterocycles. The maximum atomic E-state index is 5.75. The Morgan fingerprint density at radius 1 is 1.29 bits per heavy atom. The highest BCUT2D eigenvalue weighted by molar-refractivity contribution is 7.09. The van der Waals surface area contributed by atoms with Crippen LogP contribution in [0.5, 0.6) is 0 Å². The van der Waals surface area contributed by atoms with Crippen molar-refractivity contribution < 1.29 is 4.74 Å². The third-order valence-electron chi connectivity index (χ3n) is 3.12. The molecule has 1 aromatic heterocycles. The first kappa shape index (κ1) is 10.1. The fraction of sp³-hybridized carbons (Fsp3) is 0.727. The summed E-state index contributed by atoms with van der Waals surface area (Å²) in [5.74, 6) is 0. The number of rotatable bonds is 2. The van der Waals surface area contributed by atoms with Gasteiger partial charge in [-0.1, -0.05) is 25.7 Å². The van der Waals surface area contributed by atoms with Crippen molar-refractivity contribution in [1.82, 2.24) is 4.98 Å². The van der Waals surface area contributed by atoms with Crippen molar-refractivity contribution in [2.24, 2.45) is 0 Å². The predicted octanol–water partition coefficient (Wildman–Crippen LogP) is 3.34. The van der Waals surface area contributed by atoms with Crippen molar-refractivity contribution in [3.05, 3.63) is 16.6 Å². The topological polar surface area (TPSA) is 22.1 Å². The summed E-state index contributed by atoms with van der Waals surface area (Å²) >= 11 is 1.73. The van der Waals surface area contributed by atoms with Crippen molar-refractivity contribution in [2.75, 3.05) is 7.11 Å². The standard InChI is InChI=1S/C11H17NOS/c1-13-11(10-12-8-9-14-10)6-4-2-3-5-7-11/h8-9H,2-7H2,1H3. The molecule has 2 rings (SSSR count). The molecule has 0 amide bonds. The zero-order chi connectivity index (χ0) is 9.86. The summed E-state index contributed by atoms with van der Waals surface area (Å²) < 4.78 is 5.75. The van der Waals surface area contributed by atoms with Crippen molar-refractivity contribution in [1.29, 1.82) is 0 Å². The van der Waals surface area contributed by atoms with E-state index in [-0.39, 0.29) is 5.60 Å². The van der Waals surface area contributed by atoms with E-state index in [9.17, 15) is 0 Å². The lowest BCUT2D eigenvalue weighted by Crippen LogP contribution is -2.27. The van der Waals surface area contributed by atoms with E-state index < -0.39 is 0 Å². The molecule has 14 heavy (non-hydrogen) atoms. The largest absolute Gasteiger partial charge is 0.371 e. The average Bonchev–Trinajstić information content (AvgIpc) is 2.64. The fourth-order valence-electron chi connectivity index (χ4n) is 2.25. The van der Waals surface area contributed by atoms with E-state index in [0.29, 0.717) is 0 Å². The Hall–Kier alpha value is -0.410. The molecule has 3 heteroatoms. The van der Waals surface area contributed by atoms with Gasteiger partial charge < -0.3 is 4.74 Å². The van der Waals surface area contributed by atoms with Gasteiger partial charge in [0.1, 0.15) is 10.6 Å². The highest BCUT2D eigenvalue weighted by atomic mass is 32.1. The zero-order valence-electron chi connectivity index (χ0n) is 8.66. The van der Waals surface area contributed by atoms with Crippen LogP contribution in [0, 0.1) is 0 Å². The second kappa shape index (κ2) is 4.41. The molecule has 0 radical (unpaired) electrons. The number of ether oxygens (including phenoxy) is 1. The maximum Gasteiger partial charge on any atom is 0.125 e. The molecule has 0 aromatic carbocycles. The van der Waals surface area contributed by atoms with E-state index in [1.165, 1.54) is 30.7 Å². The molecular weight excluding hydrogens is 194 g/mol. The zero-order valence-corrected chi connectivity index (χ0v) is 9.48. The van der Waals surface area contributed by atoms with E-state index in [1.807, 2.05) is 18.7 Å². The molecule has 1 aliphatic rings. The van der Waals surface area contributed by atoms with Crippen LogP contribution in [0.4, 0.5) is 0 Å². The van der Waals surface area contributed by atoms with Gasteiger partial charge in [0.2, 0.25) is 0 Å². The second-order valence-corrected chi connectivity index (χ2v) is 4.84. The fourth-order valence-corrected chi connectivity index (χ4v) is 3.13. The van der Waals surface area contributed by atoms with Crippen LogP contribution in [0.25, 0.3) is 0 Å². The van der Waals surface area contributed by atoms with Crippen LogP contribution in [0.3, 0.4) is 0 Å². The van der Waals surface area contributed by atoms with Crippen LogP contribution >= 0.6 is 11.3 Å². The number of nitrogens with zero attached hydrogens (tertiary/aromatic N) is 1. The summed E-state index contributed by atoms with van der Waals surface area (Å²) in [5.41, 5.74) is -0.0648. The predicted molar refractivity (Wildman–Crippen MR) is 58.5 cm³/mol. The summed E-state index contributed by atoms with van der Waals surface area (Å²) in [5, 5.41) is 3.21. The van der Waals surface area contributed by atoms with Crippen molar-refractivity contribution >= 4 is 11.3 Å². The second-order valence-electron chi connectivity index (χ2n) is 3.95. The molecule has 1 fully saturated rings. The quantitative estimate of drug-likeness (QED) is 0.700. The van der Waals surface area contributed by atoms with Crippen molar-refractivity contribution in [3.63, 3.8) is 0 Å². The lowest BCUT2D eigenvalue weighted by molar-refractivity contribution is -0.0279. The average molecular weight is 211 g/mol. The van der Waals surface area contributed by atoms with E-state index in [1.54, 1.807) is 11.3 Å². The van der Waals surface area contributed by atoms with Crippen molar-refractivity contribution in [2.45, 2.75) is 44.1 Å². The smallest absolute Gasteiger partial charge is 0.125 e. The Kier molecular flexibility index (Phi) is 3.19. The highest BCUT2D eigenvalue weighted by Crippen LogP contribution is 2.39. The van der Waals surface area contributed by atoms with Gasteiger partial charge >= 0.3 is 0 Å². The molecular formula is C11H17NOS. The minimum Gasteiger partial charge on any atom is -0.371 e. The van der Waals surface area contributed by atoms with Gasteiger partial charge in [0.05, 0.1) is 0 Å². The Labute approximate surface area is 89.3 Å². The summed E-state index contributed by atoms with van der Waals surface area (Å²) in [6.07, 6.45) is 9.38. The summed E-state index contributed by atoms with van der Waals surface area (Å²) in [6.45, 7) is 0. The van der Waals surface area contributed by atoms with Gasteiger partial charge in [-0.05, 0) is 12.8 Å². The molecule has 0 saturated heterocycles. The van der Waals surface area contributed by atoms with Crippen LogP contribution in [0.2, 0.25) is 0 Å². The number of aromatic nitrogens is 1. The normalized spacial score (nSPS) is 21.8. The number of methoxy groups -OCH3 is 1. The first-order valence-electron chi connectivity index (χ1n) is 5.32. The molecule has 1 saturated carbocycles. The van der Waals surface area contributed by atoms with Gasteiger partial charge in [-0.3, -0.25) is 0 Å². The molecule has 0 aliphatic heterocycles. The van der Waals surface area contributed by atoms with Crippen LogP contribution in [-0.4, -0.2) is 12.1 Å². The van der Waals surface area contributed by atoms with Crippen LogP contribution in [-0.2, 0) is 10.3 Å². The Bertz CT molecular complexity index is 263. The molecule has 0 spiro atoms. The SMILES string of the molecule is COC1(c2nccs2)CCCCCC1. The number of hydrogen-bond acceptors (Lipinski definition) is 3. The highest BCUT2D eigenvalue weighted by Gasteiger charge is 2.34. The number of hydrogen-bond donors (Lipinski definition) is 0. The monoisotopic (exact) mass is 211 g/mol. The molecule has 1 aromatic rings. The van der Waals surface area contributed by atoms with Crippen LogP contribution < -0.4 is 0 Å². The lowest BCUT2D eigenvalue weighted by Gasteiger charge is -2.28. The Morgan fingerprint density at radius 3 is 2.50 bits per heavy atom. The first-order valence-corrected chi connectivity index (χ1v) is 6.20. The van der Waals surface area contributed by atoms with E-state index >= 15 is 0 Å². The van der Waals surface area contributed by atoms with Crippen molar-refractivity contribution in [3.8, 4) is 0 Å². The van der Waals surface area contributed by atoms with Gasteiger partial charge in [0.25, 0.3) is 0 Å². The third-order valence-corrected chi connectivity index (χ3v) is 4.08. The van der Waals surface area contributed by atoms with E-state index in [2.05, 4.69) is 4.98 Å². The molecule has 0 N–H and O–H groups in total. The molecule has 0 bridgehead atoms. The Balaban J connectivity index is 2.23. The molecule has 2 nitrogen and oxygen atoms in total. The van der Waals surface area contributed by atoms with Crippen LogP contribution in [0.1, 0.15) is 43.5 Å². The summed E-state index contributed by atoms with van der Waals surface area (Å²) in [4.78, 5) is 4.42. The molecule has 1 aliphatic carbocycles. The van der Waals surface area contributed by atoms with E-state index in [0.717, 1.165) is 12.8 Å².